The molecule has 1 aromatic heterocycles. The molecule has 2 heterocycles. The molecule has 4 nitrogen and oxygen atoms in total. The van der Waals surface area contributed by atoms with Gasteiger partial charge in [0, 0.05) is 18.0 Å². The Bertz CT molecular complexity index is 1880. The maximum atomic E-state index is 6.53. The van der Waals surface area contributed by atoms with Crippen molar-refractivity contribution in [2.24, 2.45) is 0 Å². The van der Waals surface area contributed by atoms with E-state index in [1.165, 1.54) is 27.1 Å². The minimum Gasteiger partial charge on any atom is -0.399 e. The highest BCUT2D eigenvalue weighted by atomic mass is 16.7. The Morgan fingerprint density at radius 3 is 1.83 bits per heavy atom. The van der Waals surface area contributed by atoms with Gasteiger partial charge in [-0.25, -0.2) is 9.97 Å². The number of hydrogen-bond donors (Lipinski definition) is 0. The van der Waals surface area contributed by atoms with Crippen molar-refractivity contribution in [1.29, 1.82) is 0 Å². The zero-order valence-electron chi connectivity index (χ0n) is 23.8. The number of fused-ring (bicyclic) bond motifs is 3. The minimum absolute atomic E-state index is 0.430. The molecule has 0 saturated carbocycles. The molecule has 0 amide bonds. The Hall–Kier alpha value is -4.32. The van der Waals surface area contributed by atoms with Crippen LogP contribution in [-0.4, -0.2) is 28.3 Å². The van der Waals surface area contributed by atoms with E-state index in [9.17, 15) is 0 Å². The number of aromatic nitrogens is 2. The van der Waals surface area contributed by atoms with Crippen LogP contribution in [0.2, 0.25) is 0 Å². The maximum Gasteiger partial charge on any atom is 0.494 e. The lowest BCUT2D eigenvalue weighted by Gasteiger charge is -2.32. The molecule has 1 aliphatic rings. The van der Waals surface area contributed by atoms with Crippen molar-refractivity contribution in [2.75, 3.05) is 0 Å². The van der Waals surface area contributed by atoms with Crippen LogP contribution in [0.1, 0.15) is 27.7 Å². The van der Waals surface area contributed by atoms with Crippen LogP contribution in [0.3, 0.4) is 0 Å². The Kier molecular flexibility index (Phi) is 6.04. The van der Waals surface area contributed by atoms with E-state index in [2.05, 4.69) is 135 Å². The topological polar surface area (TPSA) is 44.2 Å². The van der Waals surface area contributed by atoms with Gasteiger partial charge in [-0.15, -0.1) is 0 Å². The molecule has 0 spiro atoms. The third-order valence-corrected chi connectivity index (χ3v) is 8.60. The quantitative estimate of drug-likeness (QED) is 0.169. The highest BCUT2D eigenvalue weighted by Crippen LogP contribution is 2.39. The van der Waals surface area contributed by atoms with Gasteiger partial charge in [0.1, 0.15) is 0 Å². The smallest absolute Gasteiger partial charge is 0.399 e. The van der Waals surface area contributed by atoms with Crippen molar-refractivity contribution < 1.29 is 9.31 Å². The van der Waals surface area contributed by atoms with Crippen LogP contribution in [0, 0.1) is 0 Å². The molecule has 1 aliphatic heterocycles. The summed E-state index contributed by atoms with van der Waals surface area (Å²) in [6, 6.07) is 36.5. The van der Waals surface area contributed by atoms with Gasteiger partial charge in [0.2, 0.25) is 0 Å². The van der Waals surface area contributed by atoms with Gasteiger partial charge in [-0.1, -0.05) is 84.9 Å². The molecule has 200 valence electrons. The normalized spacial score (nSPS) is 16.0. The molecule has 1 saturated heterocycles. The van der Waals surface area contributed by atoms with Crippen molar-refractivity contribution in [3.63, 3.8) is 0 Å². The number of rotatable bonds is 4. The summed E-state index contributed by atoms with van der Waals surface area (Å²) < 4.78 is 13.1. The first-order chi connectivity index (χ1) is 19.8. The molecule has 0 aliphatic carbocycles. The molecule has 0 atom stereocenters. The van der Waals surface area contributed by atoms with E-state index in [0.717, 1.165) is 27.7 Å². The van der Waals surface area contributed by atoms with Crippen LogP contribution in [0.4, 0.5) is 0 Å². The lowest BCUT2D eigenvalue weighted by Crippen LogP contribution is -2.41. The van der Waals surface area contributed by atoms with Crippen LogP contribution >= 0.6 is 0 Å². The van der Waals surface area contributed by atoms with Crippen molar-refractivity contribution in [1.82, 2.24) is 9.97 Å². The number of nitrogens with zero attached hydrogens (tertiary/aromatic N) is 2. The lowest BCUT2D eigenvalue weighted by atomic mass is 9.76. The van der Waals surface area contributed by atoms with Gasteiger partial charge in [-0.2, -0.15) is 0 Å². The predicted molar refractivity (Wildman–Crippen MR) is 169 cm³/mol. The number of benzene rings is 5. The molecule has 0 unspecified atom stereocenters. The third kappa shape index (κ3) is 4.52. The highest BCUT2D eigenvalue weighted by Gasteiger charge is 2.51. The average Bonchev–Trinajstić information content (AvgIpc) is 3.23. The van der Waals surface area contributed by atoms with Gasteiger partial charge < -0.3 is 9.31 Å². The van der Waals surface area contributed by atoms with Crippen molar-refractivity contribution in [2.45, 2.75) is 38.9 Å². The first-order valence-electron chi connectivity index (χ1n) is 14.1. The Labute approximate surface area is 241 Å². The van der Waals surface area contributed by atoms with Gasteiger partial charge in [-0.3, -0.25) is 0 Å². The molecule has 1 fully saturated rings. The van der Waals surface area contributed by atoms with E-state index in [1.807, 2.05) is 6.07 Å². The van der Waals surface area contributed by atoms with E-state index in [1.54, 1.807) is 12.4 Å². The zero-order valence-corrected chi connectivity index (χ0v) is 23.8. The van der Waals surface area contributed by atoms with Gasteiger partial charge in [0.15, 0.2) is 5.82 Å². The molecule has 6 aromatic rings. The van der Waals surface area contributed by atoms with Crippen LogP contribution < -0.4 is 5.46 Å². The first-order valence-corrected chi connectivity index (χ1v) is 14.1. The largest absolute Gasteiger partial charge is 0.494 e. The van der Waals surface area contributed by atoms with Crippen LogP contribution in [0.15, 0.2) is 116 Å². The van der Waals surface area contributed by atoms with Gasteiger partial charge in [0.05, 0.1) is 11.2 Å². The minimum atomic E-state index is -0.470. The van der Waals surface area contributed by atoms with Crippen molar-refractivity contribution in [3.8, 4) is 33.6 Å². The molecular formula is C36H31BN2O2. The first kappa shape index (κ1) is 25.6. The van der Waals surface area contributed by atoms with Crippen LogP contribution in [0.25, 0.3) is 55.2 Å². The van der Waals surface area contributed by atoms with E-state index >= 15 is 0 Å². The molecule has 0 N–H and O–H groups in total. The standard InChI is InChI=1S/C36H31BN2O2/c1-35(2)36(3,4)41-37(40-35)29-21-27(24-14-16-25(17-15-24)34-38-18-9-19-39-34)20-28(22-29)33-23-26-10-5-6-11-30(26)31-12-7-8-13-32(31)33/h5-23H,1-4H3. The zero-order chi connectivity index (χ0) is 28.2. The SMILES string of the molecule is CC1(C)OB(c2cc(-c3ccc(-c4ncccn4)cc3)cc(-c3cc4ccccc4c4ccccc34)c2)OC1(C)C. The third-order valence-electron chi connectivity index (χ3n) is 8.60. The van der Waals surface area contributed by atoms with Crippen LogP contribution in [-0.2, 0) is 9.31 Å². The summed E-state index contributed by atoms with van der Waals surface area (Å²) in [6.07, 6.45) is 3.54. The molecular weight excluding hydrogens is 503 g/mol. The predicted octanol–water partition coefficient (Wildman–Crippen LogP) is 8.08. The molecule has 0 radical (unpaired) electrons. The Morgan fingerprint density at radius 2 is 1.12 bits per heavy atom. The monoisotopic (exact) mass is 534 g/mol. The summed E-state index contributed by atoms with van der Waals surface area (Å²) in [5, 5.41) is 4.94. The van der Waals surface area contributed by atoms with E-state index < -0.39 is 18.3 Å². The second kappa shape index (κ2) is 9.65. The molecule has 41 heavy (non-hydrogen) atoms. The maximum absolute atomic E-state index is 6.53. The van der Waals surface area contributed by atoms with Gasteiger partial charge >= 0.3 is 7.12 Å². The second-order valence-electron chi connectivity index (χ2n) is 11.8. The molecule has 5 aromatic carbocycles. The van der Waals surface area contributed by atoms with E-state index in [4.69, 9.17) is 9.31 Å². The van der Waals surface area contributed by atoms with E-state index in [-0.39, 0.29) is 0 Å². The summed E-state index contributed by atoms with van der Waals surface area (Å²) >= 11 is 0. The fourth-order valence-electron chi connectivity index (χ4n) is 5.64. The fourth-order valence-corrected chi connectivity index (χ4v) is 5.64. The summed E-state index contributed by atoms with van der Waals surface area (Å²) in [4.78, 5) is 8.82. The summed E-state index contributed by atoms with van der Waals surface area (Å²) in [5.41, 5.74) is 5.65. The van der Waals surface area contributed by atoms with Gasteiger partial charge in [-0.05, 0) is 95.2 Å². The average molecular weight is 534 g/mol. The molecule has 7 rings (SSSR count). The summed E-state index contributed by atoms with van der Waals surface area (Å²) in [5.74, 6) is 0.716. The van der Waals surface area contributed by atoms with Crippen molar-refractivity contribution in [3.05, 3.63) is 116 Å². The summed E-state index contributed by atoms with van der Waals surface area (Å²) in [6.45, 7) is 8.38. The Balaban J connectivity index is 1.41. The fraction of sp³-hybridized carbons (Fsp3) is 0.167. The second-order valence-corrected chi connectivity index (χ2v) is 11.8. The van der Waals surface area contributed by atoms with E-state index in [0.29, 0.717) is 5.82 Å². The van der Waals surface area contributed by atoms with Gasteiger partial charge in [0.25, 0.3) is 0 Å². The molecule has 5 heteroatoms. The number of hydrogen-bond acceptors (Lipinski definition) is 4. The van der Waals surface area contributed by atoms with Crippen LogP contribution in [0.5, 0.6) is 0 Å². The molecule has 0 bridgehead atoms. The highest BCUT2D eigenvalue weighted by molar-refractivity contribution is 6.62. The van der Waals surface area contributed by atoms with Crippen molar-refractivity contribution >= 4 is 34.1 Å². The lowest BCUT2D eigenvalue weighted by molar-refractivity contribution is 0.00578. The summed E-state index contributed by atoms with van der Waals surface area (Å²) in [7, 11) is -0.470. The Morgan fingerprint density at radius 1 is 0.537 bits per heavy atom.